The molecule has 2 rings (SSSR count). The minimum absolute atomic E-state index is 0. The molecule has 1 aromatic heterocycles. The van der Waals surface area contributed by atoms with E-state index in [1.54, 1.807) is 6.26 Å². The molecule has 0 bridgehead atoms. The normalized spacial score (nSPS) is 10.4. The third kappa shape index (κ3) is 4.48. The van der Waals surface area contributed by atoms with Crippen molar-refractivity contribution in [3.63, 3.8) is 0 Å². The van der Waals surface area contributed by atoms with Crippen molar-refractivity contribution in [3.05, 3.63) is 35.1 Å². The van der Waals surface area contributed by atoms with Crippen molar-refractivity contribution >= 4 is 29.3 Å². The Morgan fingerprint density at radius 2 is 1.90 bits per heavy atom. The summed E-state index contributed by atoms with van der Waals surface area (Å²) in [6.07, 6.45) is 3.00. The largest absolute Gasteiger partial charge is 0.464 e. The van der Waals surface area contributed by atoms with Gasteiger partial charge in [-0.3, -0.25) is 4.79 Å². The van der Waals surface area contributed by atoms with Gasteiger partial charge in [-0.1, -0.05) is 0 Å². The monoisotopic (exact) mass is 310 g/mol. The van der Waals surface area contributed by atoms with E-state index in [9.17, 15) is 4.79 Å². The van der Waals surface area contributed by atoms with Crippen LogP contribution in [-0.4, -0.2) is 26.0 Å². The van der Waals surface area contributed by atoms with Crippen molar-refractivity contribution in [1.82, 2.24) is 10.6 Å². The number of carbonyl (C=O) groups excluding carboxylic acids is 1. The van der Waals surface area contributed by atoms with Crippen LogP contribution in [0.3, 0.4) is 0 Å². The molecule has 116 valence electrons. The first-order valence-corrected chi connectivity index (χ1v) is 7.00. The van der Waals surface area contributed by atoms with E-state index in [1.165, 1.54) is 11.1 Å². The predicted octanol–water partition coefficient (Wildman–Crippen LogP) is 2.74. The van der Waals surface area contributed by atoms with Gasteiger partial charge in [0.25, 0.3) is 0 Å². The maximum Gasteiger partial charge on any atom is 0.224 e. The van der Waals surface area contributed by atoms with Crippen molar-refractivity contribution in [2.75, 3.05) is 20.1 Å². The minimum Gasteiger partial charge on any atom is -0.464 e. The lowest BCUT2D eigenvalue weighted by Gasteiger charge is -2.04. The maximum absolute atomic E-state index is 11.9. The number of carbonyl (C=O) groups is 1. The Balaban J connectivity index is 0.00000220. The van der Waals surface area contributed by atoms with Crippen molar-refractivity contribution in [2.24, 2.45) is 0 Å². The summed E-state index contributed by atoms with van der Waals surface area (Å²) in [5, 5.41) is 7.02. The second-order valence-electron chi connectivity index (χ2n) is 5.18. The molecule has 2 aromatic rings. The first-order valence-electron chi connectivity index (χ1n) is 7.00. The quantitative estimate of drug-likeness (QED) is 0.807. The van der Waals surface area contributed by atoms with Gasteiger partial charge in [0.15, 0.2) is 0 Å². The molecule has 0 unspecified atom stereocenters. The number of hydrogen-bond acceptors (Lipinski definition) is 3. The Morgan fingerprint density at radius 3 is 2.62 bits per heavy atom. The van der Waals surface area contributed by atoms with E-state index in [4.69, 9.17) is 4.42 Å². The number of amides is 1. The highest BCUT2D eigenvalue weighted by Gasteiger charge is 2.11. The highest BCUT2D eigenvalue weighted by atomic mass is 35.5. The number of hydrogen-bond donors (Lipinski definition) is 2. The Hall–Kier alpha value is -1.52. The predicted molar refractivity (Wildman–Crippen MR) is 88.2 cm³/mol. The average Bonchev–Trinajstić information content (AvgIpc) is 2.78. The van der Waals surface area contributed by atoms with Gasteiger partial charge >= 0.3 is 0 Å². The van der Waals surface area contributed by atoms with Crippen LogP contribution in [0.15, 0.2) is 22.8 Å². The summed E-state index contributed by atoms with van der Waals surface area (Å²) in [4.78, 5) is 11.9. The molecule has 2 N–H and O–H groups in total. The number of halogens is 1. The summed E-state index contributed by atoms with van der Waals surface area (Å²) in [7, 11) is 1.91. The van der Waals surface area contributed by atoms with Crippen LogP contribution in [0.1, 0.15) is 23.1 Å². The van der Waals surface area contributed by atoms with Crippen LogP contribution in [0.25, 0.3) is 11.0 Å². The Morgan fingerprint density at radius 1 is 1.19 bits per heavy atom. The maximum atomic E-state index is 11.9. The fourth-order valence-electron chi connectivity index (χ4n) is 2.20. The lowest BCUT2D eigenvalue weighted by Crippen LogP contribution is -2.27. The van der Waals surface area contributed by atoms with Gasteiger partial charge in [-0.2, -0.15) is 0 Å². The highest BCUT2D eigenvalue weighted by molar-refractivity contribution is 5.88. The number of fused-ring (bicyclic) bond motifs is 1. The molecule has 4 nitrogen and oxygen atoms in total. The van der Waals surface area contributed by atoms with E-state index in [0.717, 1.165) is 29.5 Å². The zero-order valence-corrected chi connectivity index (χ0v) is 13.6. The molecule has 5 heteroatoms. The van der Waals surface area contributed by atoms with Gasteiger partial charge in [0, 0.05) is 17.5 Å². The van der Waals surface area contributed by atoms with E-state index in [0.29, 0.717) is 13.0 Å². The minimum atomic E-state index is 0. The molecule has 0 radical (unpaired) electrons. The van der Waals surface area contributed by atoms with E-state index < -0.39 is 0 Å². The number of rotatable bonds is 6. The Bertz CT molecular complexity index is 608. The lowest BCUT2D eigenvalue weighted by molar-refractivity contribution is -0.120. The molecule has 1 aromatic carbocycles. The molecule has 0 spiro atoms. The lowest BCUT2D eigenvalue weighted by atomic mass is 10.0. The first-order chi connectivity index (χ1) is 9.61. The molecule has 0 fully saturated rings. The second-order valence-corrected chi connectivity index (χ2v) is 5.18. The van der Waals surface area contributed by atoms with Crippen molar-refractivity contribution in [1.29, 1.82) is 0 Å². The van der Waals surface area contributed by atoms with Gasteiger partial charge in [0.05, 0.1) is 12.7 Å². The van der Waals surface area contributed by atoms with Crippen LogP contribution in [0.4, 0.5) is 0 Å². The zero-order valence-electron chi connectivity index (χ0n) is 12.8. The standard InChI is InChI=1S/C16H22N2O2.ClH/c1-11-7-14-13(10-20-15(14)8-12(11)2)9-16(19)18-6-4-5-17-3;/h7-8,10,17H,4-6,9H2,1-3H3,(H,18,19);1H. The molecular formula is C16H23ClN2O2. The zero-order chi connectivity index (χ0) is 14.5. The van der Waals surface area contributed by atoms with Gasteiger partial charge < -0.3 is 15.1 Å². The first kappa shape index (κ1) is 17.5. The number of aryl methyl sites for hydroxylation is 2. The Labute approximate surface area is 131 Å². The summed E-state index contributed by atoms with van der Waals surface area (Å²) in [6.45, 7) is 5.75. The van der Waals surface area contributed by atoms with Crippen molar-refractivity contribution < 1.29 is 9.21 Å². The summed E-state index contributed by atoms with van der Waals surface area (Å²) < 4.78 is 5.54. The van der Waals surface area contributed by atoms with Crippen molar-refractivity contribution in [3.8, 4) is 0 Å². The fourth-order valence-corrected chi connectivity index (χ4v) is 2.20. The molecule has 0 atom stereocenters. The molecule has 0 aliphatic carbocycles. The van der Waals surface area contributed by atoms with Gasteiger partial charge in [0.2, 0.25) is 5.91 Å². The van der Waals surface area contributed by atoms with E-state index in [-0.39, 0.29) is 18.3 Å². The van der Waals surface area contributed by atoms with Gasteiger partial charge in [-0.25, -0.2) is 0 Å². The summed E-state index contributed by atoms with van der Waals surface area (Å²) in [5.74, 6) is 0.0435. The molecule has 1 heterocycles. The van der Waals surface area contributed by atoms with Crippen LogP contribution in [-0.2, 0) is 11.2 Å². The number of furan rings is 1. The smallest absolute Gasteiger partial charge is 0.224 e. The van der Waals surface area contributed by atoms with E-state index in [1.807, 2.05) is 13.1 Å². The van der Waals surface area contributed by atoms with Crippen LogP contribution in [0.5, 0.6) is 0 Å². The molecule has 0 aliphatic rings. The van der Waals surface area contributed by atoms with Crippen LogP contribution >= 0.6 is 12.4 Å². The number of nitrogens with one attached hydrogen (secondary N) is 2. The molecule has 0 saturated heterocycles. The van der Waals surface area contributed by atoms with Gasteiger partial charge in [0.1, 0.15) is 5.58 Å². The second kappa shape index (κ2) is 8.05. The molecule has 0 saturated carbocycles. The molecule has 1 amide bonds. The van der Waals surface area contributed by atoms with E-state index >= 15 is 0 Å². The summed E-state index contributed by atoms with van der Waals surface area (Å²) in [6, 6.07) is 4.12. The van der Waals surface area contributed by atoms with Gasteiger partial charge in [-0.15, -0.1) is 12.4 Å². The third-order valence-electron chi connectivity index (χ3n) is 3.55. The van der Waals surface area contributed by atoms with Crippen LogP contribution < -0.4 is 10.6 Å². The van der Waals surface area contributed by atoms with Gasteiger partial charge in [-0.05, 0) is 57.1 Å². The molecular weight excluding hydrogens is 288 g/mol. The van der Waals surface area contributed by atoms with E-state index in [2.05, 4.69) is 30.5 Å². The topological polar surface area (TPSA) is 54.3 Å². The third-order valence-corrected chi connectivity index (χ3v) is 3.55. The fraction of sp³-hybridized carbons (Fsp3) is 0.438. The summed E-state index contributed by atoms with van der Waals surface area (Å²) in [5.41, 5.74) is 4.23. The molecule has 0 aliphatic heterocycles. The Kier molecular flexibility index (Phi) is 6.72. The van der Waals surface area contributed by atoms with Crippen LogP contribution in [0.2, 0.25) is 0 Å². The highest BCUT2D eigenvalue weighted by Crippen LogP contribution is 2.25. The van der Waals surface area contributed by atoms with Crippen molar-refractivity contribution in [2.45, 2.75) is 26.7 Å². The number of benzene rings is 1. The SMILES string of the molecule is CNCCCNC(=O)Cc1coc2cc(C)c(C)cc12.Cl. The average molecular weight is 311 g/mol. The van der Waals surface area contributed by atoms with Crippen LogP contribution in [0, 0.1) is 13.8 Å². The summed E-state index contributed by atoms with van der Waals surface area (Å²) >= 11 is 0. The molecule has 21 heavy (non-hydrogen) atoms.